The molecule has 4 aliphatic heterocycles. The first kappa shape index (κ1) is 88.0. The van der Waals surface area contributed by atoms with Crippen molar-refractivity contribution in [3.05, 3.63) is 114 Å². The van der Waals surface area contributed by atoms with Crippen LogP contribution in [0.3, 0.4) is 0 Å². The molecule has 410 valence electrons. The number of anilines is 4. The quantitative estimate of drug-likeness (QED) is 0.0684. The number of benzene rings is 4. The summed E-state index contributed by atoms with van der Waals surface area (Å²) in [5, 5.41) is 17.7. The number of hydrogen-bond donors (Lipinski definition) is 2. The van der Waals surface area contributed by atoms with Crippen molar-refractivity contribution in [3.8, 4) is 0 Å². The van der Waals surface area contributed by atoms with Crippen LogP contribution in [0.5, 0.6) is 0 Å². The standard InChI is InChI=1S/C16H19IN2O4.C10H9INO3P.C10H8INO3.C10H9NO3.CH4.4U.4V/c1-16(2,3)23-14(20)18(4)9-13-10-19(15(21)22-13)12-7-5-11(17)6-8-12;11-7-1-3-8(4-2-7)12-5-9(6-14-16)15-10(12)13;11-7-1-3-8(4-2-7)12-5-9(6-13)15-10(12)14;12-7-9-6-11(10(13)14-9)8-4-2-1-3-5-8;;;;;;;;;/h7-8,13H,9-10H2,1-4H3;3-4,9H,5-6,16H2;3-4,9,13H,5-6H2;1,4-5,9,12H,6-7H2;1H4;;;;;;;;/q4*-2;;;;;;;;;/t13-;3*9-;;;;;;;;;/m0111........./s1. The van der Waals surface area contributed by atoms with Crippen LogP contribution in [0.15, 0.2) is 54.6 Å². The third-order valence-corrected chi connectivity index (χ3v) is 11.4. The summed E-state index contributed by atoms with van der Waals surface area (Å²) in [6.07, 6.45) is -3.58. The number of carbonyl (C=O) groups excluding carboxylic acids is 5. The van der Waals surface area contributed by atoms with Gasteiger partial charge in [0.1, 0.15) is 30.0 Å². The Balaban J connectivity index is -0.000000293. The van der Waals surface area contributed by atoms with Crippen LogP contribution in [0.1, 0.15) is 28.2 Å². The summed E-state index contributed by atoms with van der Waals surface area (Å²) in [4.78, 5) is 65.6. The van der Waals surface area contributed by atoms with Gasteiger partial charge in [0.25, 0.3) is 0 Å². The van der Waals surface area contributed by atoms with E-state index in [4.69, 9.17) is 38.4 Å². The van der Waals surface area contributed by atoms with Gasteiger partial charge in [0.2, 0.25) is 0 Å². The van der Waals surface area contributed by atoms with E-state index < -0.39 is 48.3 Å². The summed E-state index contributed by atoms with van der Waals surface area (Å²) < 4.78 is 33.0. The molecular formula is C47H49I3N5O13PU4V4-8. The smallest absolute Gasteiger partial charge is 0.410 e. The second kappa shape index (κ2) is 44.7. The number of ether oxygens (including phenoxy) is 5. The number of halogens is 3. The van der Waals surface area contributed by atoms with Gasteiger partial charge in [0.15, 0.2) is 0 Å². The molecule has 4 saturated heterocycles. The Morgan fingerprint density at radius 2 is 0.883 bits per heavy atom. The molecule has 0 saturated carbocycles. The van der Waals surface area contributed by atoms with E-state index in [0.717, 1.165) is 16.4 Å². The molecule has 77 heavy (non-hydrogen) atoms. The van der Waals surface area contributed by atoms with Gasteiger partial charge in [0.05, 0.1) is 26.4 Å². The van der Waals surface area contributed by atoms with E-state index in [1.807, 2.05) is 0 Å². The monoisotopic (exact) mass is 2460 g/mol. The van der Waals surface area contributed by atoms with Crippen molar-refractivity contribution in [2.75, 3.05) is 79.2 Å². The number of rotatable bonds is 10. The Labute approximate surface area is 637 Å². The maximum Gasteiger partial charge on any atom is 0.410 e. The molecule has 18 nitrogen and oxygen atoms in total. The number of aliphatic hydroxyl groups excluding tert-OH is 2. The third-order valence-electron chi connectivity index (χ3n) is 9.32. The van der Waals surface area contributed by atoms with E-state index >= 15 is 0 Å². The molecule has 5 amide bonds. The van der Waals surface area contributed by atoms with Crippen molar-refractivity contribution in [2.24, 2.45) is 0 Å². The second-order valence-corrected chi connectivity index (χ2v) is 19.2. The molecule has 8 rings (SSSR count). The summed E-state index contributed by atoms with van der Waals surface area (Å²) in [5.41, 5.74) is 2.25. The molecule has 4 radical (unpaired) electrons. The summed E-state index contributed by atoms with van der Waals surface area (Å²) in [7, 11) is 3.77. The Bertz CT molecular complexity index is 2340. The molecule has 1 unspecified atom stereocenters. The number of amides is 5. The summed E-state index contributed by atoms with van der Waals surface area (Å²) >= 11 is 6.30. The van der Waals surface area contributed by atoms with Gasteiger partial charge in [-0.25, -0.2) is 34.7 Å². The van der Waals surface area contributed by atoms with E-state index in [-0.39, 0.29) is 238 Å². The Morgan fingerprint density at radius 3 is 1.18 bits per heavy atom. The molecule has 4 aromatic carbocycles. The number of carbonyl (C=O) groups is 5. The molecule has 4 fully saturated rings. The number of hydrogen-bond acceptors (Lipinski definition) is 13. The first-order valence-electron chi connectivity index (χ1n) is 20.4. The van der Waals surface area contributed by atoms with Crippen molar-refractivity contribution in [1.82, 2.24) is 4.90 Å². The molecule has 0 aliphatic carbocycles. The molecule has 5 atom stereocenters. The van der Waals surface area contributed by atoms with Crippen LogP contribution in [0.4, 0.5) is 46.7 Å². The van der Waals surface area contributed by atoms with Crippen molar-refractivity contribution in [1.29, 1.82) is 0 Å². The summed E-state index contributed by atoms with van der Waals surface area (Å²) in [6, 6.07) is 38.9. The van der Waals surface area contributed by atoms with Crippen molar-refractivity contribution >= 4 is 130 Å². The molecule has 4 aromatic rings. The van der Waals surface area contributed by atoms with E-state index in [0.29, 0.717) is 49.8 Å². The van der Waals surface area contributed by atoms with Gasteiger partial charge >= 0.3 is 30.5 Å². The first-order valence-corrected chi connectivity index (χ1v) is 24.1. The van der Waals surface area contributed by atoms with Crippen molar-refractivity contribution in [3.63, 3.8) is 0 Å². The molecule has 2 N–H and O–H groups in total. The zero-order chi connectivity index (χ0) is 49.5. The minimum absolute atomic E-state index is 0. The summed E-state index contributed by atoms with van der Waals surface area (Å²) in [5.74, 6) is 0. The first-order chi connectivity index (χ1) is 32.4. The molecule has 0 bridgehead atoms. The largest absolute Gasteiger partial charge is 0.444 e. The minimum Gasteiger partial charge on any atom is -0.444 e. The van der Waals surface area contributed by atoms with Gasteiger partial charge in [-0.05, 0) is 20.8 Å². The van der Waals surface area contributed by atoms with Crippen LogP contribution in [-0.4, -0.2) is 135 Å². The predicted molar refractivity (Wildman–Crippen MR) is 280 cm³/mol. The van der Waals surface area contributed by atoms with Crippen LogP contribution in [0.2, 0.25) is 0 Å². The third kappa shape index (κ3) is 29.5. The number of cyclic esters (lactones) is 4. The zero-order valence-electron chi connectivity index (χ0n) is 40.8. The molecule has 4 heterocycles. The average Bonchev–Trinajstić information content (AvgIpc) is 4.09. The molecule has 0 spiro atoms. The van der Waals surface area contributed by atoms with Crippen molar-refractivity contribution in [2.45, 2.75) is 58.2 Å². The Morgan fingerprint density at radius 1 is 0.597 bits per heavy atom. The van der Waals surface area contributed by atoms with Gasteiger partial charge in [-0.15, -0.1) is 67.8 Å². The average molecular weight is 2460 g/mol. The van der Waals surface area contributed by atoms with Gasteiger partial charge in [-0.3, -0.25) is 48.5 Å². The van der Waals surface area contributed by atoms with Gasteiger partial charge in [-0.1, -0.05) is 7.43 Å². The number of likely N-dealkylation sites (N-methyl/N-ethyl adjacent to an activating group) is 1. The van der Waals surface area contributed by atoms with E-state index in [2.05, 4.69) is 126 Å². The molecule has 4 aliphatic rings. The second-order valence-electron chi connectivity index (χ2n) is 15.7. The van der Waals surface area contributed by atoms with Gasteiger partial charge < -0.3 is 118 Å². The fraction of sp³-hybridized carbons (Fsp3) is 0.383. The van der Waals surface area contributed by atoms with E-state index in [1.54, 1.807) is 87.3 Å². The van der Waals surface area contributed by atoms with Crippen LogP contribution in [0, 0.1) is 184 Å². The van der Waals surface area contributed by atoms with Crippen LogP contribution < -0.4 is 19.6 Å². The number of nitrogens with zero attached hydrogens (tertiary/aromatic N) is 5. The number of aliphatic hydroxyl groups is 2. The van der Waals surface area contributed by atoms with E-state index in [9.17, 15) is 24.0 Å². The van der Waals surface area contributed by atoms with Crippen LogP contribution in [0.25, 0.3) is 0 Å². The fourth-order valence-electron chi connectivity index (χ4n) is 6.17. The minimum atomic E-state index is -0.559. The van der Waals surface area contributed by atoms with Crippen LogP contribution >= 0.6 is 77.2 Å². The van der Waals surface area contributed by atoms with Gasteiger partial charge in [0, 0.05) is 241 Å². The van der Waals surface area contributed by atoms with Gasteiger partial charge in [-0.2, -0.15) is 22.7 Å². The van der Waals surface area contributed by atoms with E-state index in [1.165, 1.54) is 19.6 Å². The Kier molecular flexibility index (Phi) is 51.1. The molecular weight excluding hydrogens is 2410 g/mol. The zero-order valence-corrected chi connectivity index (χ0v) is 70.7. The predicted octanol–water partition coefficient (Wildman–Crippen LogP) is 7.55. The topological polar surface area (TPSA) is 197 Å². The molecule has 0 aromatic heterocycles. The Hall–Kier alpha value is 2.28. The van der Waals surface area contributed by atoms with Crippen LogP contribution in [-0.2, 0) is 102 Å². The van der Waals surface area contributed by atoms with Crippen molar-refractivity contribution < 1.29 is 261 Å². The summed E-state index contributed by atoms with van der Waals surface area (Å²) in [6.45, 7) is 7.38. The maximum absolute atomic E-state index is 12.0. The molecule has 30 heteroatoms. The normalized spacial score (nSPS) is 17.3. The maximum atomic E-state index is 12.0. The SMILES string of the molecule is C.CN(C[C@H]1CN(c2c[c-]c(I)[c-]c2)C(=O)O1)C(=O)OC(C)(C)C.O=C1O[C@@H](CO)CN1c1c[c-]c(I)[c-]c1.O=C1O[C@@H](CO)CN1c1c[c-]c[c-]c1.O=C1O[C@@H](COP)CN1c1c[c-]c(I)[c-]c1.[U].[U].[U].[U].[V].[V].[V].[V]. The fourth-order valence-corrected chi connectivity index (χ4v) is 7.32.